The van der Waals surface area contributed by atoms with E-state index in [1.807, 2.05) is 0 Å². The SMILES string of the molecule is CCC1(C)CNC(C2CC2)CN1CCCC(C)C. The van der Waals surface area contributed by atoms with Gasteiger partial charge in [0.1, 0.15) is 0 Å². The lowest BCUT2D eigenvalue weighted by molar-refractivity contribution is 0.0420. The second-order valence-corrected chi connectivity index (χ2v) is 7.16. The molecule has 0 aromatic carbocycles. The molecule has 0 spiro atoms. The average Bonchev–Trinajstić information content (AvgIpc) is 3.15. The molecule has 18 heavy (non-hydrogen) atoms. The van der Waals surface area contributed by atoms with Gasteiger partial charge in [-0.25, -0.2) is 0 Å². The topological polar surface area (TPSA) is 15.3 Å². The predicted octanol–water partition coefficient (Wildman–Crippen LogP) is 3.28. The minimum absolute atomic E-state index is 0.391. The summed E-state index contributed by atoms with van der Waals surface area (Å²) in [4.78, 5) is 2.79. The molecule has 1 saturated heterocycles. The Bertz CT molecular complexity index is 260. The zero-order valence-corrected chi connectivity index (χ0v) is 12.8. The molecule has 106 valence electrons. The summed E-state index contributed by atoms with van der Waals surface area (Å²) in [6.45, 7) is 13.2. The maximum atomic E-state index is 3.81. The molecule has 2 atom stereocenters. The largest absolute Gasteiger partial charge is 0.311 e. The van der Waals surface area contributed by atoms with E-state index in [0.29, 0.717) is 5.54 Å². The molecule has 0 aromatic heterocycles. The molecule has 2 nitrogen and oxygen atoms in total. The van der Waals surface area contributed by atoms with Gasteiger partial charge in [-0.05, 0) is 57.4 Å². The summed E-state index contributed by atoms with van der Waals surface area (Å²) in [5.74, 6) is 1.83. The third-order valence-electron chi connectivity index (χ3n) is 5.09. The molecule has 1 heterocycles. The van der Waals surface area contributed by atoms with Crippen molar-refractivity contribution in [1.29, 1.82) is 0 Å². The summed E-state index contributed by atoms with van der Waals surface area (Å²) in [5, 5.41) is 3.81. The Hall–Kier alpha value is -0.0800. The molecule has 0 bridgehead atoms. The Kier molecular flexibility index (Phi) is 4.71. The van der Waals surface area contributed by atoms with E-state index < -0.39 is 0 Å². The smallest absolute Gasteiger partial charge is 0.0303 e. The zero-order valence-electron chi connectivity index (χ0n) is 12.8. The molecule has 1 aliphatic heterocycles. The lowest BCUT2D eigenvalue weighted by atomic mass is 9.90. The molecule has 1 saturated carbocycles. The minimum Gasteiger partial charge on any atom is -0.311 e. The highest BCUT2D eigenvalue weighted by molar-refractivity contribution is 4.99. The van der Waals surface area contributed by atoms with Crippen LogP contribution in [-0.4, -0.2) is 36.1 Å². The van der Waals surface area contributed by atoms with Crippen LogP contribution >= 0.6 is 0 Å². The van der Waals surface area contributed by atoms with Gasteiger partial charge in [-0.1, -0.05) is 20.8 Å². The van der Waals surface area contributed by atoms with Crippen LogP contribution in [0.1, 0.15) is 59.8 Å². The van der Waals surface area contributed by atoms with Crippen molar-refractivity contribution in [2.75, 3.05) is 19.6 Å². The number of hydrogen-bond donors (Lipinski definition) is 1. The molecule has 2 unspecified atom stereocenters. The Morgan fingerprint density at radius 1 is 1.33 bits per heavy atom. The zero-order chi connectivity index (χ0) is 13.2. The van der Waals surface area contributed by atoms with Crippen molar-refractivity contribution in [3.63, 3.8) is 0 Å². The minimum atomic E-state index is 0.391. The van der Waals surface area contributed by atoms with Crippen LogP contribution in [0.5, 0.6) is 0 Å². The number of rotatable bonds is 6. The molecule has 2 rings (SSSR count). The molecule has 2 heteroatoms. The van der Waals surface area contributed by atoms with Crippen molar-refractivity contribution in [3.05, 3.63) is 0 Å². The molecule has 0 aromatic rings. The van der Waals surface area contributed by atoms with Gasteiger partial charge in [-0.3, -0.25) is 4.90 Å². The van der Waals surface area contributed by atoms with Crippen LogP contribution in [0.25, 0.3) is 0 Å². The van der Waals surface area contributed by atoms with Crippen molar-refractivity contribution in [2.24, 2.45) is 11.8 Å². The maximum absolute atomic E-state index is 3.81. The van der Waals surface area contributed by atoms with Gasteiger partial charge in [0.25, 0.3) is 0 Å². The van der Waals surface area contributed by atoms with Crippen LogP contribution in [-0.2, 0) is 0 Å². The lowest BCUT2D eigenvalue weighted by Crippen LogP contribution is -2.63. The first-order valence-electron chi connectivity index (χ1n) is 8.03. The van der Waals surface area contributed by atoms with Crippen LogP contribution in [0.15, 0.2) is 0 Å². The predicted molar refractivity (Wildman–Crippen MR) is 78.9 cm³/mol. The van der Waals surface area contributed by atoms with Gasteiger partial charge in [-0.15, -0.1) is 0 Å². The highest BCUT2D eigenvalue weighted by Crippen LogP contribution is 2.36. The normalized spacial score (nSPS) is 34.2. The van der Waals surface area contributed by atoms with Gasteiger partial charge in [0.15, 0.2) is 0 Å². The number of hydrogen-bond acceptors (Lipinski definition) is 2. The van der Waals surface area contributed by atoms with E-state index in [4.69, 9.17) is 0 Å². The molecule has 1 aliphatic carbocycles. The standard InChI is InChI=1S/C16H32N2/c1-5-16(4)12-17-15(14-8-9-14)11-18(16)10-6-7-13(2)3/h13-15,17H,5-12H2,1-4H3. The summed E-state index contributed by atoms with van der Waals surface area (Å²) < 4.78 is 0. The molecule has 2 fully saturated rings. The van der Waals surface area contributed by atoms with Crippen molar-refractivity contribution < 1.29 is 0 Å². The maximum Gasteiger partial charge on any atom is 0.0303 e. The van der Waals surface area contributed by atoms with E-state index in [-0.39, 0.29) is 0 Å². The van der Waals surface area contributed by atoms with Gasteiger partial charge in [0, 0.05) is 24.7 Å². The van der Waals surface area contributed by atoms with Crippen molar-refractivity contribution in [3.8, 4) is 0 Å². The van der Waals surface area contributed by atoms with Crippen LogP contribution in [0.2, 0.25) is 0 Å². The number of nitrogens with one attached hydrogen (secondary N) is 1. The van der Waals surface area contributed by atoms with E-state index in [0.717, 1.165) is 17.9 Å². The highest BCUT2D eigenvalue weighted by Gasteiger charge is 2.41. The second-order valence-electron chi connectivity index (χ2n) is 7.16. The third kappa shape index (κ3) is 3.48. The lowest BCUT2D eigenvalue weighted by Gasteiger charge is -2.48. The van der Waals surface area contributed by atoms with Crippen LogP contribution in [0.4, 0.5) is 0 Å². The molecule has 2 aliphatic rings. The van der Waals surface area contributed by atoms with Crippen molar-refractivity contribution in [2.45, 2.75) is 71.4 Å². The Morgan fingerprint density at radius 3 is 2.61 bits per heavy atom. The third-order valence-corrected chi connectivity index (χ3v) is 5.09. The van der Waals surface area contributed by atoms with Gasteiger partial charge >= 0.3 is 0 Å². The first-order chi connectivity index (χ1) is 8.55. The summed E-state index contributed by atoms with van der Waals surface area (Å²) in [6.07, 6.45) is 6.92. The molecular weight excluding hydrogens is 220 g/mol. The Balaban J connectivity index is 1.87. The number of nitrogens with zero attached hydrogens (tertiary/aromatic N) is 1. The van der Waals surface area contributed by atoms with Crippen LogP contribution in [0.3, 0.4) is 0 Å². The fourth-order valence-electron chi connectivity index (χ4n) is 3.20. The van der Waals surface area contributed by atoms with E-state index in [1.165, 1.54) is 51.7 Å². The summed E-state index contributed by atoms with van der Waals surface area (Å²) in [5.41, 5.74) is 0.391. The number of piperazine rings is 1. The van der Waals surface area contributed by atoms with E-state index >= 15 is 0 Å². The monoisotopic (exact) mass is 252 g/mol. The molecular formula is C16H32N2. The molecule has 0 amide bonds. The first kappa shape index (κ1) is 14.3. The fraction of sp³-hybridized carbons (Fsp3) is 1.00. The fourth-order valence-corrected chi connectivity index (χ4v) is 3.20. The van der Waals surface area contributed by atoms with E-state index in [1.54, 1.807) is 0 Å². The summed E-state index contributed by atoms with van der Waals surface area (Å²) in [7, 11) is 0. The van der Waals surface area contributed by atoms with E-state index in [2.05, 4.69) is 37.9 Å². The van der Waals surface area contributed by atoms with Gasteiger partial charge in [0.05, 0.1) is 0 Å². The summed E-state index contributed by atoms with van der Waals surface area (Å²) in [6, 6.07) is 0.781. The molecule has 0 radical (unpaired) electrons. The Labute approximate surface area is 114 Å². The Morgan fingerprint density at radius 2 is 2.06 bits per heavy atom. The average molecular weight is 252 g/mol. The van der Waals surface area contributed by atoms with Crippen molar-refractivity contribution in [1.82, 2.24) is 10.2 Å². The summed E-state index contributed by atoms with van der Waals surface area (Å²) >= 11 is 0. The van der Waals surface area contributed by atoms with Gasteiger partial charge in [-0.2, -0.15) is 0 Å². The molecule has 1 N–H and O–H groups in total. The second kappa shape index (κ2) is 5.92. The van der Waals surface area contributed by atoms with Crippen molar-refractivity contribution >= 4 is 0 Å². The van der Waals surface area contributed by atoms with Gasteiger partial charge < -0.3 is 5.32 Å². The van der Waals surface area contributed by atoms with Gasteiger partial charge in [0.2, 0.25) is 0 Å². The van der Waals surface area contributed by atoms with Crippen LogP contribution < -0.4 is 5.32 Å². The quantitative estimate of drug-likeness (QED) is 0.780. The highest BCUT2D eigenvalue weighted by atomic mass is 15.3. The first-order valence-corrected chi connectivity index (χ1v) is 8.03. The van der Waals surface area contributed by atoms with E-state index in [9.17, 15) is 0 Å². The van der Waals surface area contributed by atoms with Crippen LogP contribution in [0, 0.1) is 11.8 Å².